The topological polar surface area (TPSA) is 103 Å². The standard InChI is InChI=1S/C44H32N4O2/c45-35(29-17-8-3-9-18-29)23-24-36(46)41-43-40(31-19-10-11-21-37(31)49-43)47-44(48-41)32-20-12-22-38-39(32)34-26-30(27-13-4-1-5-14-27)25-33(42(34)50-38)28-15-6-2-7-16-28/h1-26,44,47H,45-46H2/b35-23-,36-24-. The van der Waals surface area contributed by atoms with Gasteiger partial charge in [0, 0.05) is 33.0 Å². The Hall–Kier alpha value is -6.79. The summed E-state index contributed by atoms with van der Waals surface area (Å²) in [5.41, 5.74) is 24.3. The summed E-state index contributed by atoms with van der Waals surface area (Å²) in [5, 5.41) is 6.66. The third-order valence-electron chi connectivity index (χ3n) is 9.29. The second kappa shape index (κ2) is 12.0. The minimum Gasteiger partial charge on any atom is -0.455 e. The lowest BCUT2D eigenvalue weighted by Crippen LogP contribution is -2.23. The summed E-state index contributed by atoms with van der Waals surface area (Å²) in [5.74, 6) is 0.588. The number of fused-ring (bicyclic) bond motifs is 6. The van der Waals surface area contributed by atoms with Crippen LogP contribution in [0.4, 0.5) is 5.69 Å². The number of rotatable bonds is 6. The van der Waals surface area contributed by atoms with Crippen LogP contribution in [0, 0.1) is 0 Å². The van der Waals surface area contributed by atoms with Crippen LogP contribution in [-0.2, 0) is 0 Å². The molecule has 0 fully saturated rings. The second-order valence-electron chi connectivity index (χ2n) is 12.4. The zero-order valence-electron chi connectivity index (χ0n) is 27.0. The van der Waals surface area contributed by atoms with Crippen LogP contribution in [0.2, 0.25) is 0 Å². The average Bonchev–Trinajstić information content (AvgIpc) is 3.76. The van der Waals surface area contributed by atoms with Gasteiger partial charge in [-0.3, -0.25) is 0 Å². The smallest absolute Gasteiger partial charge is 0.178 e. The van der Waals surface area contributed by atoms with E-state index in [0.717, 1.165) is 72.0 Å². The molecule has 0 bridgehead atoms. The Morgan fingerprint density at radius 2 is 1.26 bits per heavy atom. The molecule has 0 spiro atoms. The van der Waals surface area contributed by atoms with E-state index in [9.17, 15) is 0 Å². The number of benzene rings is 6. The Morgan fingerprint density at radius 1 is 0.600 bits per heavy atom. The van der Waals surface area contributed by atoms with Crippen LogP contribution >= 0.6 is 0 Å². The molecular weight excluding hydrogens is 617 g/mol. The Labute approximate surface area is 288 Å². The molecule has 8 aromatic rings. The number of hydrogen-bond acceptors (Lipinski definition) is 6. The molecule has 0 saturated carbocycles. The Morgan fingerprint density at radius 3 is 2.04 bits per heavy atom. The molecule has 6 nitrogen and oxygen atoms in total. The molecule has 9 rings (SSSR count). The highest BCUT2D eigenvalue weighted by Gasteiger charge is 2.30. The van der Waals surface area contributed by atoms with E-state index in [1.807, 2.05) is 84.9 Å². The first kappa shape index (κ1) is 29.4. The number of nitrogens with two attached hydrogens (primary N) is 2. The van der Waals surface area contributed by atoms with E-state index in [-0.39, 0.29) is 0 Å². The van der Waals surface area contributed by atoms with Crippen LogP contribution in [-0.4, -0.2) is 5.71 Å². The van der Waals surface area contributed by atoms with Crippen LogP contribution < -0.4 is 16.8 Å². The molecule has 0 saturated heterocycles. The van der Waals surface area contributed by atoms with Crippen molar-refractivity contribution in [3.8, 4) is 22.3 Å². The van der Waals surface area contributed by atoms with Crippen molar-refractivity contribution in [2.24, 2.45) is 16.5 Å². The molecule has 5 N–H and O–H groups in total. The number of para-hydroxylation sites is 1. The molecule has 0 radical (unpaired) electrons. The van der Waals surface area contributed by atoms with Crippen LogP contribution in [0.1, 0.15) is 23.1 Å². The molecule has 0 aliphatic carbocycles. The SMILES string of the molecule is N/C(=C\C=C(/N)c1ccccc1)C1=NC(c2cccc3oc4c(-c5ccccc5)cc(-c5ccccc5)cc4c23)Nc2c1oc1ccccc21. The maximum absolute atomic E-state index is 6.83. The summed E-state index contributed by atoms with van der Waals surface area (Å²) in [6.45, 7) is 0. The number of furan rings is 2. The van der Waals surface area contributed by atoms with Gasteiger partial charge < -0.3 is 25.6 Å². The highest BCUT2D eigenvalue weighted by molar-refractivity contribution is 6.19. The Kier molecular flexibility index (Phi) is 7.06. The van der Waals surface area contributed by atoms with E-state index >= 15 is 0 Å². The maximum atomic E-state index is 6.83. The summed E-state index contributed by atoms with van der Waals surface area (Å²) in [4.78, 5) is 5.24. The number of nitrogens with one attached hydrogen (secondary N) is 1. The second-order valence-corrected chi connectivity index (χ2v) is 12.4. The first-order valence-corrected chi connectivity index (χ1v) is 16.6. The lowest BCUT2D eigenvalue weighted by molar-refractivity contribution is 0.599. The van der Waals surface area contributed by atoms with Gasteiger partial charge >= 0.3 is 0 Å². The minimum atomic E-state index is -0.494. The number of allylic oxidation sites excluding steroid dienone is 3. The fraction of sp³-hybridized carbons (Fsp3) is 0.0227. The van der Waals surface area contributed by atoms with Crippen molar-refractivity contribution in [2.75, 3.05) is 5.32 Å². The summed E-state index contributed by atoms with van der Waals surface area (Å²) in [6.07, 6.45) is 3.12. The largest absolute Gasteiger partial charge is 0.455 e. The molecule has 1 aliphatic rings. The van der Waals surface area contributed by atoms with Crippen molar-refractivity contribution in [3.63, 3.8) is 0 Å². The molecule has 0 amide bonds. The Balaban J connectivity index is 1.25. The molecule has 1 aliphatic heterocycles. The van der Waals surface area contributed by atoms with Crippen molar-refractivity contribution in [1.29, 1.82) is 0 Å². The first-order valence-electron chi connectivity index (χ1n) is 16.6. The van der Waals surface area contributed by atoms with Gasteiger partial charge in [0.2, 0.25) is 0 Å². The van der Waals surface area contributed by atoms with E-state index in [0.29, 0.717) is 22.9 Å². The van der Waals surface area contributed by atoms with Gasteiger partial charge in [0.25, 0.3) is 0 Å². The monoisotopic (exact) mass is 648 g/mol. The molecular formula is C44H32N4O2. The van der Waals surface area contributed by atoms with Gasteiger partial charge in [-0.25, -0.2) is 4.99 Å². The average molecular weight is 649 g/mol. The van der Waals surface area contributed by atoms with Crippen molar-refractivity contribution >= 4 is 50.0 Å². The molecule has 1 unspecified atom stereocenters. The lowest BCUT2D eigenvalue weighted by atomic mass is 9.94. The van der Waals surface area contributed by atoms with Gasteiger partial charge in [0.15, 0.2) is 5.76 Å². The van der Waals surface area contributed by atoms with Gasteiger partial charge in [0.05, 0.1) is 11.4 Å². The molecule has 6 aromatic carbocycles. The van der Waals surface area contributed by atoms with Crippen molar-refractivity contribution < 1.29 is 8.83 Å². The quantitative estimate of drug-likeness (QED) is 0.156. The molecule has 6 heteroatoms. The van der Waals surface area contributed by atoms with Crippen LogP contribution in [0.3, 0.4) is 0 Å². The van der Waals surface area contributed by atoms with E-state index < -0.39 is 6.17 Å². The van der Waals surface area contributed by atoms with Crippen LogP contribution in [0.15, 0.2) is 177 Å². The fourth-order valence-electron chi connectivity index (χ4n) is 6.86. The maximum Gasteiger partial charge on any atom is 0.178 e. The van der Waals surface area contributed by atoms with Crippen molar-refractivity contribution in [2.45, 2.75) is 6.17 Å². The lowest BCUT2D eigenvalue weighted by Gasteiger charge is -2.24. The first-order chi connectivity index (χ1) is 24.6. The van der Waals surface area contributed by atoms with Crippen molar-refractivity contribution in [3.05, 3.63) is 180 Å². The summed E-state index contributed by atoms with van der Waals surface area (Å²) in [7, 11) is 0. The molecule has 50 heavy (non-hydrogen) atoms. The summed E-state index contributed by atoms with van der Waals surface area (Å²) < 4.78 is 13.1. The van der Waals surface area contributed by atoms with Crippen LogP contribution in [0.25, 0.3) is 60.9 Å². The van der Waals surface area contributed by atoms with Gasteiger partial charge in [-0.15, -0.1) is 0 Å². The van der Waals surface area contributed by atoms with Gasteiger partial charge in [0.1, 0.15) is 28.6 Å². The predicted molar refractivity (Wildman–Crippen MR) is 205 cm³/mol. The number of aliphatic imine (C=N–C) groups is 1. The normalized spacial score (nSPS) is 14.9. The van der Waals surface area contributed by atoms with E-state index in [1.165, 1.54) is 0 Å². The van der Waals surface area contributed by atoms with E-state index in [4.69, 9.17) is 25.3 Å². The Bertz CT molecular complexity index is 2630. The number of hydrogen-bond donors (Lipinski definition) is 3. The molecule has 2 aromatic heterocycles. The fourth-order valence-corrected chi connectivity index (χ4v) is 6.86. The minimum absolute atomic E-state index is 0.442. The third kappa shape index (κ3) is 5.02. The van der Waals surface area contributed by atoms with E-state index in [1.54, 1.807) is 6.08 Å². The molecule has 3 heterocycles. The third-order valence-corrected chi connectivity index (χ3v) is 9.29. The zero-order chi connectivity index (χ0) is 33.6. The molecule has 240 valence electrons. The highest BCUT2D eigenvalue weighted by atomic mass is 16.3. The van der Waals surface area contributed by atoms with Crippen molar-refractivity contribution in [1.82, 2.24) is 0 Å². The zero-order valence-corrected chi connectivity index (χ0v) is 27.0. The summed E-state index contributed by atoms with van der Waals surface area (Å²) in [6, 6.07) is 49.2. The predicted octanol–water partition coefficient (Wildman–Crippen LogP) is 10.4. The van der Waals surface area contributed by atoms with Crippen LogP contribution in [0.5, 0.6) is 0 Å². The number of nitrogens with zero attached hydrogens (tertiary/aromatic N) is 1. The van der Waals surface area contributed by atoms with Gasteiger partial charge in [-0.2, -0.15) is 0 Å². The van der Waals surface area contributed by atoms with E-state index in [2.05, 4.69) is 72.0 Å². The van der Waals surface area contributed by atoms with Gasteiger partial charge in [-0.05, 0) is 64.7 Å². The summed E-state index contributed by atoms with van der Waals surface area (Å²) >= 11 is 0. The highest BCUT2D eigenvalue weighted by Crippen LogP contribution is 2.45. The molecule has 1 atom stereocenters. The number of anilines is 1. The van der Waals surface area contributed by atoms with Gasteiger partial charge in [-0.1, -0.05) is 115 Å².